The van der Waals surface area contributed by atoms with Crippen molar-refractivity contribution in [3.8, 4) is 0 Å². The van der Waals surface area contributed by atoms with Gasteiger partial charge in [-0.15, -0.1) is 0 Å². The number of nitrogens with one attached hydrogen (secondary N) is 2. The smallest absolute Gasteiger partial charge is 0.319 e. The van der Waals surface area contributed by atoms with E-state index in [0.29, 0.717) is 10.2 Å². The van der Waals surface area contributed by atoms with Crippen LogP contribution in [0.1, 0.15) is 13.8 Å². The maximum absolute atomic E-state index is 12.7. The SMILES string of the molecule is CC(C)NC(=O)Nc1ccc(F)cc1Br. The first-order valence-electron chi connectivity index (χ1n) is 4.51. The van der Waals surface area contributed by atoms with E-state index in [1.807, 2.05) is 13.8 Å². The number of amides is 2. The second-order valence-corrected chi connectivity index (χ2v) is 4.23. The summed E-state index contributed by atoms with van der Waals surface area (Å²) in [6.07, 6.45) is 0. The van der Waals surface area contributed by atoms with Gasteiger partial charge in [0.1, 0.15) is 5.82 Å². The number of carbonyl (C=O) groups is 1. The largest absolute Gasteiger partial charge is 0.336 e. The van der Waals surface area contributed by atoms with Crippen molar-refractivity contribution in [1.82, 2.24) is 5.32 Å². The van der Waals surface area contributed by atoms with Gasteiger partial charge in [0.25, 0.3) is 0 Å². The summed E-state index contributed by atoms with van der Waals surface area (Å²) in [4.78, 5) is 11.3. The van der Waals surface area contributed by atoms with E-state index in [0.717, 1.165) is 0 Å². The third-order valence-corrected chi connectivity index (χ3v) is 2.26. The van der Waals surface area contributed by atoms with Gasteiger partial charge in [0, 0.05) is 10.5 Å². The van der Waals surface area contributed by atoms with Crippen molar-refractivity contribution < 1.29 is 9.18 Å². The Bertz CT molecular complexity index is 368. The van der Waals surface area contributed by atoms with Gasteiger partial charge in [0.05, 0.1) is 5.69 Å². The molecule has 0 aliphatic rings. The molecule has 2 N–H and O–H groups in total. The molecular weight excluding hydrogens is 263 g/mol. The van der Waals surface area contributed by atoms with Crippen LogP contribution in [0.3, 0.4) is 0 Å². The molecule has 0 bridgehead atoms. The summed E-state index contributed by atoms with van der Waals surface area (Å²) < 4.78 is 13.3. The monoisotopic (exact) mass is 274 g/mol. The van der Waals surface area contributed by atoms with Crippen LogP contribution in [0.2, 0.25) is 0 Å². The molecule has 0 radical (unpaired) electrons. The van der Waals surface area contributed by atoms with Crippen LogP contribution in [0.15, 0.2) is 22.7 Å². The highest BCUT2D eigenvalue weighted by atomic mass is 79.9. The third-order valence-electron chi connectivity index (χ3n) is 1.60. The van der Waals surface area contributed by atoms with E-state index in [1.54, 1.807) is 0 Å². The van der Waals surface area contributed by atoms with E-state index < -0.39 is 0 Å². The Morgan fingerprint density at radius 2 is 2.13 bits per heavy atom. The number of hydrogen-bond acceptors (Lipinski definition) is 1. The second-order valence-electron chi connectivity index (χ2n) is 3.38. The molecule has 0 saturated carbocycles. The van der Waals surface area contributed by atoms with Gasteiger partial charge < -0.3 is 10.6 Å². The fourth-order valence-corrected chi connectivity index (χ4v) is 1.46. The molecule has 0 aliphatic heterocycles. The van der Waals surface area contributed by atoms with Crippen LogP contribution >= 0.6 is 15.9 Å². The van der Waals surface area contributed by atoms with Crippen LogP contribution in [0, 0.1) is 5.82 Å². The van der Waals surface area contributed by atoms with Crippen molar-refractivity contribution in [3.05, 3.63) is 28.5 Å². The van der Waals surface area contributed by atoms with Gasteiger partial charge in [0.2, 0.25) is 0 Å². The Hall–Kier alpha value is -1.10. The summed E-state index contributed by atoms with van der Waals surface area (Å²) in [6.45, 7) is 3.72. The lowest BCUT2D eigenvalue weighted by atomic mass is 10.3. The quantitative estimate of drug-likeness (QED) is 0.855. The van der Waals surface area contributed by atoms with E-state index in [-0.39, 0.29) is 17.9 Å². The van der Waals surface area contributed by atoms with Crippen LogP contribution in [-0.4, -0.2) is 12.1 Å². The number of benzene rings is 1. The lowest BCUT2D eigenvalue weighted by Gasteiger charge is -2.11. The summed E-state index contributed by atoms with van der Waals surface area (Å²) in [5, 5.41) is 5.27. The van der Waals surface area contributed by atoms with Crippen LogP contribution < -0.4 is 10.6 Å². The second kappa shape index (κ2) is 5.11. The van der Waals surface area contributed by atoms with E-state index >= 15 is 0 Å². The van der Waals surface area contributed by atoms with Gasteiger partial charge in [-0.3, -0.25) is 0 Å². The third kappa shape index (κ3) is 3.87. The molecule has 0 unspecified atom stereocenters. The predicted octanol–water partition coefficient (Wildman–Crippen LogP) is 3.12. The number of rotatable bonds is 2. The molecule has 0 fully saturated rings. The number of carbonyl (C=O) groups excluding carboxylic acids is 1. The molecule has 3 nitrogen and oxygen atoms in total. The number of urea groups is 1. The lowest BCUT2D eigenvalue weighted by Crippen LogP contribution is -2.34. The van der Waals surface area contributed by atoms with Gasteiger partial charge in [-0.25, -0.2) is 9.18 Å². The zero-order chi connectivity index (χ0) is 11.4. The maximum Gasteiger partial charge on any atom is 0.319 e. The molecule has 82 valence electrons. The highest BCUT2D eigenvalue weighted by Crippen LogP contribution is 2.22. The number of hydrogen-bond donors (Lipinski definition) is 2. The van der Waals surface area contributed by atoms with Crippen molar-refractivity contribution >= 4 is 27.6 Å². The molecule has 1 aromatic carbocycles. The standard InChI is InChI=1S/C10H12BrFN2O/c1-6(2)13-10(15)14-9-4-3-7(12)5-8(9)11/h3-6H,1-2H3,(H2,13,14,15). The van der Waals surface area contributed by atoms with Gasteiger partial charge in [-0.05, 0) is 48.0 Å². The fraction of sp³-hybridized carbons (Fsp3) is 0.300. The summed E-state index contributed by atoms with van der Waals surface area (Å²) >= 11 is 3.16. The molecule has 5 heteroatoms. The fourth-order valence-electron chi connectivity index (χ4n) is 1.01. The molecule has 0 aromatic heterocycles. The van der Waals surface area contributed by atoms with Crippen molar-refractivity contribution in [2.24, 2.45) is 0 Å². The Morgan fingerprint density at radius 1 is 1.47 bits per heavy atom. The van der Waals surface area contributed by atoms with Crippen molar-refractivity contribution in [2.75, 3.05) is 5.32 Å². The molecule has 2 amide bonds. The maximum atomic E-state index is 12.7. The Kier molecular flexibility index (Phi) is 4.08. The van der Waals surface area contributed by atoms with E-state index in [1.165, 1.54) is 18.2 Å². The molecule has 15 heavy (non-hydrogen) atoms. The summed E-state index contributed by atoms with van der Waals surface area (Å²) in [5.41, 5.74) is 0.537. The minimum atomic E-state index is -0.350. The molecule has 1 rings (SSSR count). The molecule has 1 aromatic rings. The van der Waals surface area contributed by atoms with Gasteiger partial charge in [-0.2, -0.15) is 0 Å². The highest BCUT2D eigenvalue weighted by Gasteiger charge is 2.06. The minimum absolute atomic E-state index is 0.0595. The highest BCUT2D eigenvalue weighted by molar-refractivity contribution is 9.10. The van der Waals surface area contributed by atoms with E-state index in [2.05, 4.69) is 26.6 Å². The molecule has 0 aliphatic carbocycles. The minimum Gasteiger partial charge on any atom is -0.336 e. The molecule has 0 heterocycles. The zero-order valence-corrected chi connectivity index (χ0v) is 10.1. The summed E-state index contributed by atoms with van der Waals surface area (Å²) in [5.74, 6) is -0.350. The first-order chi connectivity index (χ1) is 6.99. The van der Waals surface area contributed by atoms with Crippen LogP contribution in [0.25, 0.3) is 0 Å². The molecular formula is C10H12BrFN2O. The van der Waals surface area contributed by atoms with Gasteiger partial charge >= 0.3 is 6.03 Å². The summed E-state index contributed by atoms with van der Waals surface area (Å²) in [6, 6.07) is 3.83. The van der Waals surface area contributed by atoms with Gasteiger partial charge in [-0.1, -0.05) is 0 Å². The van der Waals surface area contributed by atoms with Crippen LogP contribution in [0.5, 0.6) is 0 Å². The topological polar surface area (TPSA) is 41.1 Å². The predicted molar refractivity (Wildman–Crippen MR) is 61.4 cm³/mol. The van der Waals surface area contributed by atoms with Crippen molar-refractivity contribution in [3.63, 3.8) is 0 Å². The average Bonchev–Trinajstić information content (AvgIpc) is 2.08. The number of halogens is 2. The van der Waals surface area contributed by atoms with Crippen LogP contribution in [-0.2, 0) is 0 Å². The Balaban J connectivity index is 2.68. The van der Waals surface area contributed by atoms with E-state index in [4.69, 9.17) is 0 Å². The Labute approximate surface area is 96.2 Å². The molecule has 0 saturated heterocycles. The zero-order valence-electron chi connectivity index (χ0n) is 8.47. The summed E-state index contributed by atoms with van der Waals surface area (Å²) in [7, 11) is 0. The van der Waals surface area contributed by atoms with Crippen molar-refractivity contribution in [2.45, 2.75) is 19.9 Å². The first kappa shape index (κ1) is 12.0. The van der Waals surface area contributed by atoms with E-state index in [9.17, 15) is 9.18 Å². The first-order valence-corrected chi connectivity index (χ1v) is 5.31. The van der Waals surface area contributed by atoms with Crippen LogP contribution in [0.4, 0.5) is 14.9 Å². The van der Waals surface area contributed by atoms with Gasteiger partial charge in [0.15, 0.2) is 0 Å². The normalized spacial score (nSPS) is 10.2. The Morgan fingerprint density at radius 3 is 2.67 bits per heavy atom. The molecule has 0 spiro atoms. The molecule has 0 atom stereocenters. The number of anilines is 1. The lowest BCUT2D eigenvalue weighted by molar-refractivity contribution is 0.250. The average molecular weight is 275 g/mol. The van der Waals surface area contributed by atoms with Crippen molar-refractivity contribution in [1.29, 1.82) is 0 Å².